The molecule has 0 spiro atoms. The second-order valence-corrected chi connectivity index (χ2v) is 6.21. The summed E-state index contributed by atoms with van der Waals surface area (Å²) in [5.74, 6) is 1.58. The maximum absolute atomic E-state index is 11.7. The van der Waals surface area contributed by atoms with E-state index in [2.05, 4.69) is 31.1 Å². The summed E-state index contributed by atoms with van der Waals surface area (Å²) in [4.78, 5) is 18.4. The van der Waals surface area contributed by atoms with Gasteiger partial charge in [0.2, 0.25) is 5.91 Å². The normalized spacial score (nSPS) is 20.4. The summed E-state index contributed by atoms with van der Waals surface area (Å²) in [5, 5.41) is 3.17. The third-order valence-corrected chi connectivity index (χ3v) is 4.45. The first kappa shape index (κ1) is 12.9. The van der Waals surface area contributed by atoms with Crippen LogP contribution in [-0.4, -0.2) is 30.0 Å². The van der Waals surface area contributed by atoms with Crippen molar-refractivity contribution in [2.24, 2.45) is 5.92 Å². The van der Waals surface area contributed by atoms with Gasteiger partial charge in [0.25, 0.3) is 0 Å². The number of halogens is 1. The number of amides is 1. The largest absolute Gasteiger partial charge is 0.356 e. The zero-order chi connectivity index (χ0) is 13.2. The van der Waals surface area contributed by atoms with Crippen LogP contribution < -0.4 is 10.2 Å². The Balaban J connectivity index is 1.54. The highest BCUT2D eigenvalue weighted by Gasteiger charge is 2.31. The first-order chi connectivity index (χ1) is 9.24. The van der Waals surface area contributed by atoms with Crippen LogP contribution >= 0.6 is 15.9 Å². The molecule has 1 aromatic heterocycles. The Bertz CT molecular complexity index is 468. The van der Waals surface area contributed by atoms with Crippen LogP contribution in [0, 0.1) is 5.92 Å². The van der Waals surface area contributed by atoms with Crippen molar-refractivity contribution in [2.75, 3.05) is 18.0 Å². The minimum atomic E-state index is 0.262. The van der Waals surface area contributed by atoms with Crippen molar-refractivity contribution in [3.63, 3.8) is 0 Å². The maximum Gasteiger partial charge on any atom is 0.223 e. The monoisotopic (exact) mass is 323 g/mol. The maximum atomic E-state index is 11.7. The first-order valence-electron chi connectivity index (χ1n) is 6.90. The molecule has 2 aliphatic rings. The summed E-state index contributed by atoms with van der Waals surface area (Å²) in [5.41, 5.74) is 0. The molecule has 1 aliphatic carbocycles. The zero-order valence-electron chi connectivity index (χ0n) is 10.8. The number of rotatable bonds is 3. The quantitative estimate of drug-likeness (QED) is 0.928. The highest BCUT2D eigenvalue weighted by molar-refractivity contribution is 9.10. The lowest BCUT2D eigenvalue weighted by molar-refractivity contribution is -0.123. The second-order valence-electron chi connectivity index (χ2n) is 5.35. The van der Waals surface area contributed by atoms with Crippen LogP contribution in [0.1, 0.15) is 25.7 Å². The molecular formula is C14H18BrN3O. The number of hydrogen-bond acceptors (Lipinski definition) is 3. The van der Waals surface area contributed by atoms with E-state index >= 15 is 0 Å². The van der Waals surface area contributed by atoms with E-state index in [0.29, 0.717) is 12.0 Å². The van der Waals surface area contributed by atoms with Crippen LogP contribution in [-0.2, 0) is 4.79 Å². The number of carbonyl (C=O) groups is 1. The van der Waals surface area contributed by atoms with Gasteiger partial charge in [-0.25, -0.2) is 4.98 Å². The van der Waals surface area contributed by atoms with Gasteiger partial charge in [0, 0.05) is 31.2 Å². The van der Waals surface area contributed by atoms with Gasteiger partial charge < -0.3 is 10.2 Å². The standard InChI is InChI=1S/C14H18BrN3O/c15-12-2-1-7-16-13(12)18-8-5-11(6-9-18)17-14(19)10-3-4-10/h1-2,7,10-11H,3-6,8-9H2,(H,17,19). The van der Waals surface area contributed by atoms with E-state index in [1.807, 2.05) is 18.3 Å². The summed E-state index contributed by atoms with van der Waals surface area (Å²) in [6, 6.07) is 4.28. The first-order valence-corrected chi connectivity index (χ1v) is 7.69. The van der Waals surface area contributed by atoms with Crippen LogP contribution in [0.2, 0.25) is 0 Å². The topological polar surface area (TPSA) is 45.2 Å². The highest BCUT2D eigenvalue weighted by Crippen LogP contribution is 2.30. The van der Waals surface area contributed by atoms with Crippen LogP contribution in [0.3, 0.4) is 0 Å². The average molecular weight is 324 g/mol. The molecule has 0 radical (unpaired) electrons. The van der Waals surface area contributed by atoms with Gasteiger partial charge in [0.15, 0.2) is 0 Å². The Morgan fingerprint density at radius 2 is 2.05 bits per heavy atom. The number of nitrogens with zero attached hydrogens (tertiary/aromatic N) is 2. The molecule has 102 valence electrons. The van der Waals surface area contributed by atoms with Crippen LogP contribution in [0.25, 0.3) is 0 Å². The number of aromatic nitrogens is 1. The molecule has 2 heterocycles. The predicted molar refractivity (Wildman–Crippen MR) is 78.0 cm³/mol. The molecule has 1 amide bonds. The average Bonchev–Trinajstić information content (AvgIpc) is 3.25. The van der Waals surface area contributed by atoms with Gasteiger partial charge in [-0.05, 0) is 53.7 Å². The third kappa shape index (κ3) is 3.08. The molecule has 1 saturated carbocycles. The molecule has 1 N–H and O–H groups in total. The van der Waals surface area contributed by atoms with Crippen molar-refractivity contribution in [3.8, 4) is 0 Å². The van der Waals surface area contributed by atoms with E-state index < -0.39 is 0 Å². The second kappa shape index (κ2) is 5.49. The highest BCUT2D eigenvalue weighted by atomic mass is 79.9. The Morgan fingerprint density at radius 3 is 2.68 bits per heavy atom. The van der Waals surface area contributed by atoms with E-state index in [9.17, 15) is 4.79 Å². The Labute approximate surface area is 121 Å². The van der Waals surface area contributed by atoms with Crippen molar-refractivity contribution in [2.45, 2.75) is 31.7 Å². The van der Waals surface area contributed by atoms with Gasteiger partial charge in [0.05, 0.1) is 4.47 Å². The number of anilines is 1. The molecule has 0 unspecified atom stereocenters. The summed E-state index contributed by atoms with van der Waals surface area (Å²) in [6.07, 6.45) is 5.97. The molecular weight excluding hydrogens is 306 g/mol. The summed E-state index contributed by atoms with van der Waals surface area (Å²) < 4.78 is 1.04. The van der Waals surface area contributed by atoms with Crippen LogP contribution in [0.4, 0.5) is 5.82 Å². The van der Waals surface area contributed by atoms with Crippen LogP contribution in [0.15, 0.2) is 22.8 Å². The van der Waals surface area contributed by atoms with E-state index in [4.69, 9.17) is 0 Å². The van der Waals surface area contributed by atoms with Crippen molar-refractivity contribution in [1.82, 2.24) is 10.3 Å². The van der Waals surface area contributed by atoms with Gasteiger partial charge in [-0.2, -0.15) is 0 Å². The van der Waals surface area contributed by atoms with Crippen molar-refractivity contribution in [1.29, 1.82) is 0 Å². The number of pyridine rings is 1. The van der Waals surface area contributed by atoms with E-state index in [0.717, 1.165) is 49.1 Å². The lowest BCUT2D eigenvalue weighted by Gasteiger charge is -2.33. The van der Waals surface area contributed by atoms with E-state index in [-0.39, 0.29) is 5.91 Å². The van der Waals surface area contributed by atoms with Crippen molar-refractivity contribution >= 4 is 27.7 Å². The molecule has 3 rings (SSSR count). The SMILES string of the molecule is O=C(NC1CCN(c2ncccc2Br)CC1)C1CC1. The fraction of sp³-hybridized carbons (Fsp3) is 0.571. The molecule has 1 aromatic rings. The minimum absolute atomic E-state index is 0.262. The molecule has 0 atom stereocenters. The Hall–Kier alpha value is -1.10. The molecule has 19 heavy (non-hydrogen) atoms. The third-order valence-electron chi connectivity index (χ3n) is 3.83. The van der Waals surface area contributed by atoms with E-state index in [1.165, 1.54) is 0 Å². The Morgan fingerprint density at radius 1 is 1.32 bits per heavy atom. The fourth-order valence-corrected chi connectivity index (χ4v) is 3.02. The lowest BCUT2D eigenvalue weighted by Crippen LogP contribution is -2.45. The van der Waals surface area contributed by atoms with Crippen LogP contribution in [0.5, 0.6) is 0 Å². The lowest BCUT2D eigenvalue weighted by atomic mass is 10.0. The molecule has 4 nitrogen and oxygen atoms in total. The van der Waals surface area contributed by atoms with Crippen molar-refractivity contribution < 1.29 is 4.79 Å². The van der Waals surface area contributed by atoms with E-state index in [1.54, 1.807) is 0 Å². The van der Waals surface area contributed by atoms with Gasteiger partial charge >= 0.3 is 0 Å². The number of hydrogen-bond donors (Lipinski definition) is 1. The number of carbonyl (C=O) groups excluding carboxylic acids is 1. The predicted octanol–water partition coefficient (Wildman–Crippen LogP) is 2.34. The van der Waals surface area contributed by atoms with Gasteiger partial charge in [-0.3, -0.25) is 4.79 Å². The summed E-state index contributed by atoms with van der Waals surface area (Å²) in [6.45, 7) is 1.90. The number of nitrogens with one attached hydrogen (secondary N) is 1. The minimum Gasteiger partial charge on any atom is -0.356 e. The molecule has 5 heteroatoms. The fourth-order valence-electron chi connectivity index (χ4n) is 2.51. The molecule has 2 fully saturated rings. The molecule has 1 aliphatic heterocycles. The van der Waals surface area contributed by atoms with Crippen molar-refractivity contribution in [3.05, 3.63) is 22.8 Å². The molecule has 0 bridgehead atoms. The zero-order valence-corrected chi connectivity index (χ0v) is 12.4. The summed E-state index contributed by atoms with van der Waals surface area (Å²) in [7, 11) is 0. The van der Waals surface area contributed by atoms with Gasteiger partial charge in [-0.1, -0.05) is 0 Å². The van der Waals surface area contributed by atoms with Gasteiger partial charge in [0.1, 0.15) is 5.82 Å². The molecule has 1 saturated heterocycles. The smallest absolute Gasteiger partial charge is 0.223 e. The Kier molecular flexibility index (Phi) is 3.73. The summed E-state index contributed by atoms with van der Waals surface area (Å²) >= 11 is 3.54. The van der Waals surface area contributed by atoms with Gasteiger partial charge in [-0.15, -0.1) is 0 Å². The number of piperidine rings is 1. The molecule has 0 aromatic carbocycles.